The van der Waals surface area contributed by atoms with Gasteiger partial charge in [-0.2, -0.15) is 0 Å². The zero-order valence-electron chi connectivity index (χ0n) is 13.7. The van der Waals surface area contributed by atoms with E-state index in [-0.39, 0.29) is 0 Å². The molecule has 0 spiro atoms. The molecule has 4 rings (SSSR count). The highest BCUT2D eigenvalue weighted by Crippen LogP contribution is 2.31. The van der Waals surface area contributed by atoms with Crippen LogP contribution in [0.25, 0.3) is 33.9 Å². The molecule has 3 aromatic heterocycles. The highest BCUT2D eigenvalue weighted by molar-refractivity contribution is 5.75. The van der Waals surface area contributed by atoms with Gasteiger partial charge >= 0.3 is 0 Å². The van der Waals surface area contributed by atoms with Crippen LogP contribution in [0.5, 0.6) is 11.5 Å². The van der Waals surface area contributed by atoms with Crippen molar-refractivity contribution in [3.63, 3.8) is 0 Å². The molecule has 0 atom stereocenters. The van der Waals surface area contributed by atoms with E-state index in [0.717, 1.165) is 5.56 Å². The molecular weight excluding hydrogens is 326 g/mol. The van der Waals surface area contributed by atoms with E-state index in [9.17, 15) is 10.2 Å². The molecule has 5 nitrogen and oxygen atoms in total. The summed E-state index contributed by atoms with van der Waals surface area (Å²) in [4.78, 5) is 13.4. The Morgan fingerprint density at radius 1 is 0.538 bits per heavy atom. The lowest BCUT2D eigenvalue weighted by Gasteiger charge is -2.19. The molecule has 5 heteroatoms. The second-order valence-corrected chi connectivity index (χ2v) is 5.72. The first-order chi connectivity index (χ1) is 12.7. The molecule has 0 aliphatic carbocycles. The van der Waals surface area contributed by atoms with Gasteiger partial charge < -0.3 is 10.2 Å². The summed E-state index contributed by atoms with van der Waals surface area (Å²) in [5.74, 6) is -1.05. The molecule has 0 unspecified atom stereocenters. The largest absolute Gasteiger partial charge is 0.873 e. The summed E-state index contributed by atoms with van der Waals surface area (Å²) in [6.07, 6.45) is 3.40. The second kappa shape index (κ2) is 6.64. The van der Waals surface area contributed by atoms with Crippen molar-refractivity contribution in [2.24, 2.45) is 0 Å². The van der Waals surface area contributed by atoms with Gasteiger partial charge in [-0.3, -0.25) is 9.97 Å². The van der Waals surface area contributed by atoms with E-state index in [4.69, 9.17) is 0 Å². The standard InChI is InChI=1S/C21H15N3O2/c25-20-8-7-14(13-21(20)26)15-11-18(16-5-1-3-9-22-16)24-19(12-15)17-6-2-4-10-23-17/h1-13,25-26H/p-2. The number of hydrogen-bond acceptors (Lipinski definition) is 5. The molecule has 0 saturated carbocycles. The van der Waals surface area contributed by atoms with Crippen LogP contribution in [-0.2, 0) is 0 Å². The minimum atomic E-state index is -0.530. The first-order valence-corrected chi connectivity index (χ1v) is 8.04. The number of pyridine rings is 3. The van der Waals surface area contributed by atoms with Gasteiger partial charge in [-0.25, -0.2) is 4.98 Å². The van der Waals surface area contributed by atoms with E-state index in [2.05, 4.69) is 15.0 Å². The van der Waals surface area contributed by atoms with Crippen molar-refractivity contribution in [2.75, 3.05) is 0 Å². The lowest BCUT2D eigenvalue weighted by molar-refractivity contribution is -0.317. The van der Waals surface area contributed by atoms with Gasteiger partial charge in [0.1, 0.15) is 0 Å². The average Bonchev–Trinajstić information content (AvgIpc) is 2.71. The second-order valence-electron chi connectivity index (χ2n) is 5.72. The van der Waals surface area contributed by atoms with E-state index in [1.807, 2.05) is 48.5 Å². The van der Waals surface area contributed by atoms with Crippen molar-refractivity contribution in [1.29, 1.82) is 0 Å². The predicted molar refractivity (Wildman–Crippen MR) is 95.0 cm³/mol. The highest BCUT2D eigenvalue weighted by atomic mass is 16.3. The maximum Gasteiger partial charge on any atom is 0.0900 e. The zero-order valence-corrected chi connectivity index (χ0v) is 13.7. The quantitative estimate of drug-likeness (QED) is 0.573. The average molecular weight is 339 g/mol. The van der Waals surface area contributed by atoms with Gasteiger partial charge in [0, 0.05) is 12.4 Å². The van der Waals surface area contributed by atoms with Gasteiger partial charge in [-0.05, 0) is 47.5 Å². The highest BCUT2D eigenvalue weighted by Gasteiger charge is 2.10. The van der Waals surface area contributed by atoms with Crippen LogP contribution in [0.15, 0.2) is 79.1 Å². The van der Waals surface area contributed by atoms with Crippen LogP contribution in [0.2, 0.25) is 0 Å². The van der Waals surface area contributed by atoms with Gasteiger partial charge in [-0.15, -0.1) is 11.5 Å². The van der Waals surface area contributed by atoms with E-state index >= 15 is 0 Å². The van der Waals surface area contributed by atoms with Crippen LogP contribution < -0.4 is 10.2 Å². The molecule has 0 aliphatic heterocycles. The lowest BCUT2D eigenvalue weighted by atomic mass is 10.0. The number of nitrogens with zero attached hydrogens (tertiary/aromatic N) is 3. The van der Waals surface area contributed by atoms with E-state index in [0.29, 0.717) is 28.3 Å². The molecule has 0 aliphatic rings. The minimum absolute atomic E-state index is 0.516. The molecule has 4 aromatic rings. The number of rotatable bonds is 3. The fraction of sp³-hybridized carbons (Fsp3) is 0. The van der Waals surface area contributed by atoms with Gasteiger partial charge in [0.2, 0.25) is 0 Å². The molecule has 0 amide bonds. The third-order valence-electron chi connectivity index (χ3n) is 3.96. The summed E-state index contributed by atoms with van der Waals surface area (Å²) in [6.45, 7) is 0. The Morgan fingerprint density at radius 3 is 1.65 bits per heavy atom. The van der Waals surface area contributed by atoms with Crippen LogP contribution in [0, 0.1) is 0 Å². The first kappa shape index (κ1) is 15.8. The Bertz CT molecular complexity index is 994. The Kier molecular flexibility index (Phi) is 4.03. The SMILES string of the molecule is [O-]c1ccc(-c2cc(-c3ccccn3)nc(-c3ccccn3)c2)cc1[O-]. The maximum absolute atomic E-state index is 11.8. The smallest absolute Gasteiger partial charge is 0.0900 e. The van der Waals surface area contributed by atoms with Crippen molar-refractivity contribution in [3.8, 4) is 45.4 Å². The summed E-state index contributed by atoms with van der Waals surface area (Å²) >= 11 is 0. The molecule has 0 bridgehead atoms. The van der Waals surface area contributed by atoms with E-state index in [1.54, 1.807) is 18.5 Å². The zero-order chi connectivity index (χ0) is 17.9. The summed E-state index contributed by atoms with van der Waals surface area (Å²) < 4.78 is 0. The summed E-state index contributed by atoms with van der Waals surface area (Å²) in [5, 5.41) is 23.2. The molecule has 26 heavy (non-hydrogen) atoms. The van der Waals surface area contributed by atoms with Crippen LogP contribution in [0.3, 0.4) is 0 Å². The molecule has 1 aromatic carbocycles. The van der Waals surface area contributed by atoms with Gasteiger partial charge in [0.05, 0.1) is 22.8 Å². The molecule has 0 fully saturated rings. The number of aromatic nitrogens is 3. The number of hydrogen-bond donors (Lipinski definition) is 0. The van der Waals surface area contributed by atoms with Crippen molar-refractivity contribution in [2.45, 2.75) is 0 Å². The number of benzene rings is 1. The topological polar surface area (TPSA) is 84.8 Å². The fourth-order valence-corrected chi connectivity index (χ4v) is 2.68. The Balaban J connectivity index is 1.92. The van der Waals surface area contributed by atoms with Gasteiger partial charge in [-0.1, -0.05) is 30.3 Å². The summed E-state index contributed by atoms with van der Waals surface area (Å²) in [5.41, 5.74) is 4.21. The summed E-state index contributed by atoms with van der Waals surface area (Å²) in [7, 11) is 0. The third-order valence-corrected chi connectivity index (χ3v) is 3.96. The first-order valence-electron chi connectivity index (χ1n) is 8.04. The van der Waals surface area contributed by atoms with Gasteiger partial charge in [0.15, 0.2) is 0 Å². The third kappa shape index (κ3) is 3.10. The van der Waals surface area contributed by atoms with Crippen LogP contribution in [0.1, 0.15) is 0 Å². The molecular formula is C21H13N3O2-2. The Morgan fingerprint density at radius 2 is 1.15 bits per heavy atom. The summed E-state index contributed by atoms with van der Waals surface area (Å²) in [6, 6.07) is 19.2. The molecule has 0 saturated heterocycles. The Hall–Kier alpha value is -3.73. The van der Waals surface area contributed by atoms with Crippen LogP contribution >= 0.6 is 0 Å². The molecule has 0 N–H and O–H groups in total. The molecule has 0 radical (unpaired) electrons. The van der Waals surface area contributed by atoms with Crippen molar-refractivity contribution in [1.82, 2.24) is 15.0 Å². The maximum atomic E-state index is 11.8. The fourth-order valence-electron chi connectivity index (χ4n) is 2.68. The lowest BCUT2D eigenvalue weighted by Crippen LogP contribution is -1.99. The van der Waals surface area contributed by atoms with Crippen LogP contribution in [0.4, 0.5) is 0 Å². The Labute approximate surface area is 150 Å². The van der Waals surface area contributed by atoms with Crippen molar-refractivity contribution >= 4 is 0 Å². The van der Waals surface area contributed by atoms with E-state index in [1.165, 1.54) is 12.1 Å². The monoisotopic (exact) mass is 339 g/mol. The van der Waals surface area contributed by atoms with Gasteiger partial charge in [0.25, 0.3) is 0 Å². The minimum Gasteiger partial charge on any atom is -0.873 e. The molecule has 126 valence electrons. The van der Waals surface area contributed by atoms with Crippen molar-refractivity contribution < 1.29 is 10.2 Å². The molecule has 3 heterocycles. The predicted octanol–water partition coefficient (Wildman–Crippen LogP) is 3.02. The van der Waals surface area contributed by atoms with E-state index < -0.39 is 11.5 Å². The normalized spacial score (nSPS) is 10.6. The van der Waals surface area contributed by atoms with Crippen molar-refractivity contribution in [3.05, 3.63) is 79.1 Å². The van der Waals surface area contributed by atoms with Crippen LogP contribution in [-0.4, -0.2) is 15.0 Å².